The minimum atomic E-state index is -0.193. The molecule has 1 aromatic heterocycles. The zero-order valence-corrected chi connectivity index (χ0v) is 19.0. The molecule has 2 rings (SSSR count). The Morgan fingerprint density at radius 2 is 1.39 bits per heavy atom. The predicted octanol–water partition coefficient (Wildman–Crippen LogP) is 6.00. The SMILES string of the molecule is CCCCCOCCCCOc1cnc(-c2ccc(OC(=O)CCCCC)cc2)nc1. The Hall–Kier alpha value is -2.47. The maximum absolute atomic E-state index is 11.8. The monoisotopic (exact) mass is 428 g/mol. The standard InChI is InChI=1S/C25H36N2O4/c1-3-5-7-11-24(28)31-22-14-12-21(13-15-22)25-26-19-23(20-27-25)30-18-10-9-17-29-16-8-6-4-2/h12-15,19-20H,3-11,16-18H2,1-2H3. The van der Waals surface area contributed by atoms with Crippen molar-refractivity contribution in [2.75, 3.05) is 19.8 Å². The first-order valence-electron chi connectivity index (χ1n) is 11.6. The number of aromatic nitrogens is 2. The lowest BCUT2D eigenvalue weighted by Crippen LogP contribution is -2.07. The number of hydrogen-bond donors (Lipinski definition) is 0. The van der Waals surface area contributed by atoms with E-state index in [4.69, 9.17) is 14.2 Å². The van der Waals surface area contributed by atoms with E-state index in [1.165, 1.54) is 12.8 Å². The quantitative estimate of drug-likeness (QED) is 0.186. The van der Waals surface area contributed by atoms with E-state index in [0.717, 1.165) is 57.3 Å². The molecule has 170 valence electrons. The summed E-state index contributed by atoms with van der Waals surface area (Å²) in [4.78, 5) is 20.6. The van der Waals surface area contributed by atoms with Crippen LogP contribution in [0.15, 0.2) is 36.7 Å². The molecule has 0 N–H and O–H groups in total. The molecule has 0 radical (unpaired) electrons. The number of carbonyl (C=O) groups is 1. The summed E-state index contributed by atoms with van der Waals surface area (Å²) in [7, 11) is 0. The second kappa shape index (κ2) is 15.3. The average molecular weight is 429 g/mol. The summed E-state index contributed by atoms with van der Waals surface area (Å²) in [6.07, 6.45) is 12.3. The fourth-order valence-electron chi connectivity index (χ4n) is 2.97. The molecule has 2 aromatic rings. The van der Waals surface area contributed by atoms with Crippen molar-refractivity contribution in [3.05, 3.63) is 36.7 Å². The Balaban J connectivity index is 1.68. The molecule has 6 nitrogen and oxygen atoms in total. The van der Waals surface area contributed by atoms with Crippen molar-refractivity contribution in [3.63, 3.8) is 0 Å². The molecule has 0 atom stereocenters. The van der Waals surface area contributed by atoms with E-state index >= 15 is 0 Å². The molecule has 0 aliphatic rings. The van der Waals surface area contributed by atoms with Gasteiger partial charge < -0.3 is 14.2 Å². The Morgan fingerprint density at radius 1 is 0.774 bits per heavy atom. The van der Waals surface area contributed by atoms with Crippen LogP contribution in [0, 0.1) is 0 Å². The second-order valence-electron chi connectivity index (χ2n) is 7.57. The van der Waals surface area contributed by atoms with Crippen molar-refractivity contribution in [3.8, 4) is 22.9 Å². The highest BCUT2D eigenvalue weighted by molar-refractivity contribution is 5.72. The molecule has 6 heteroatoms. The molecule has 0 aliphatic carbocycles. The molecule has 0 amide bonds. The fraction of sp³-hybridized carbons (Fsp3) is 0.560. The Labute approximate surface area is 186 Å². The van der Waals surface area contributed by atoms with Crippen molar-refractivity contribution in [1.29, 1.82) is 0 Å². The predicted molar refractivity (Wildman–Crippen MR) is 122 cm³/mol. The highest BCUT2D eigenvalue weighted by Crippen LogP contribution is 2.21. The van der Waals surface area contributed by atoms with Gasteiger partial charge in [0.25, 0.3) is 0 Å². The van der Waals surface area contributed by atoms with Gasteiger partial charge in [-0.3, -0.25) is 4.79 Å². The van der Waals surface area contributed by atoms with Gasteiger partial charge in [-0.25, -0.2) is 9.97 Å². The maximum Gasteiger partial charge on any atom is 0.311 e. The van der Waals surface area contributed by atoms with Crippen LogP contribution in [-0.2, 0) is 9.53 Å². The number of unbranched alkanes of at least 4 members (excludes halogenated alkanes) is 5. The van der Waals surface area contributed by atoms with Gasteiger partial charge in [0.2, 0.25) is 0 Å². The van der Waals surface area contributed by atoms with Crippen molar-refractivity contribution in [2.45, 2.75) is 71.6 Å². The van der Waals surface area contributed by atoms with Crippen LogP contribution >= 0.6 is 0 Å². The van der Waals surface area contributed by atoms with Gasteiger partial charge in [-0.1, -0.05) is 39.5 Å². The summed E-state index contributed by atoms with van der Waals surface area (Å²) in [5, 5.41) is 0. The average Bonchev–Trinajstić information content (AvgIpc) is 2.79. The van der Waals surface area contributed by atoms with E-state index in [2.05, 4.69) is 23.8 Å². The largest absolute Gasteiger partial charge is 0.490 e. The molecule has 31 heavy (non-hydrogen) atoms. The molecule has 0 unspecified atom stereocenters. The first kappa shape index (κ1) is 24.8. The number of ether oxygens (including phenoxy) is 3. The molecule has 0 saturated carbocycles. The van der Waals surface area contributed by atoms with E-state index in [0.29, 0.717) is 30.4 Å². The molecule has 0 aliphatic heterocycles. The van der Waals surface area contributed by atoms with E-state index < -0.39 is 0 Å². The number of esters is 1. The van der Waals surface area contributed by atoms with Gasteiger partial charge in [0.05, 0.1) is 19.0 Å². The summed E-state index contributed by atoms with van der Waals surface area (Å²) < 4.78 is 16.7. The Bertz CT molecular complexity index is 732. The first-order chi connectivity index (χ1) is 15.2. The van der Waals surface area contributed by atoms with Gasteiger partial charge in [0, 0.05) is 25.2 Å². The minimum Gasteiger partial charge on any atom is -0.490 e. The molecule has 0 saturated heterocycles. The van der Waals surface area contributed by atoms with Crippen LogP contribution in [-0.4, -0.2) is 35.8 Å². The van der Waals surface area contributed by atoms with E-state index in [1.807, 2.05) is 12.1 Å². The zero-order chi connectivity index (χ0) is 22.2. The Morgan fingerprint density at radius 3 is 2.06 bits per heavy atom. The zero-order valence-electron chi connectivity index (χ0n) is 19.0. The van der Waals surface area contributed by atoms with E-state index in [1.54, 1.807) is 24.5 Å². The van der Waals surface area contributed by atoms with Gasteiger partial charge in [-0.2, -0.15) is 0 Å². The lowest BCUT2D eigenvalue weighted by Gasteiger charge is -2.08. The molecule has 0 fully saturated rings. The third kappa shape index (κ3) is 10.4. The topological polar surface area (TPSA) is 70.5 Å². The van der Waals surface area contributed by atoms with Gasteiger partial charge in [-0.05, 0) is 49.9 Å². The highest BCUT2D eigenvalue weighted by Gasteiger charge is 2.07. The molecular weight excluding hydrogens is 392 g/mol. The van der Waals surface area contributed by atoms with Gasteiger partial charge in [-0.15, -0.1) is 0 Å². The first-order valence-corrected chi connectivity index (χ1v) is 11.6. The fourth-order valence-corrected chi connectivity index (χ4v) is 2.97. The van der Waals surface area contributed by atoms with Crippen molar-refractivity contribution in [2.24, 2.45) is 0 Å². The van der Waals surface area contributed by atoms with Crippen molar-refractivity contribution >= 4 is 5.97 Å². The third-order valence-electron chi connectivity index (χ3n) is 4.80. The number of nitrogens with zero attached hydrogens (tertiary/aromatic N) is 2. The number of benzene rings is 1. The smallest absolute Gasteiger partial charge is 0.311 e. The maximum atomic E-state index is 11.8. The lowest BCUT2D eigenvalue weighted by atomic mass is 10.2. The summed E-state index contributed by atoms with van der Waals surface area (Å²) in [6, 6.07) is 7.24. The van der Waals surface area contributed by atoms with E-state index in [-0.39, 0.29) is 5.97 Å². The van der Waals surface area contributed by atoms with E-state index in [9.17, 15) is 4.79 Å². The van der Waals surface area contributed by atoms with Crippen LogP contribution in [0.4, 0.5) is 0 Å². The van der Waals surface area contributed by atoms with Gasteiger partial charge >= 0.3 is 5.97 Å². The van der Waals surface area contributed by atoms with Crippen LogP contribution in [0.3, 0.4) is 0 Å². The number of rotatable bonds is 16. The summed E-state index contributed by atoms with van der Waals surface area (Å²) in [5.74, 6) is 1.61. The van der Waals surface area contributed by atoms with Crippen LogP contribution in [0.5, 0.6) is 11.5 Å². The Kier molecular flexibility index (Phi) is 12.3. The molecule has 1 aromatic carbocycles. The summed E-state index contributed by atoms with van der Waals surface area (Å²) >= 11 is 0. The highest BCUT2D eigenvalue weighted by atomic mass is 16.5. The van der Waals surface area contributed by atoms with Crippen LogP contribution < -0.4 is 9.47 Å². The normalized spacial score (nSPS) is 10.8. The minimum absolute atomic E-state index is 0.193. The van der Waals surface area contributed by atoms with Crippen LogP contribution in [0.1, 0.15) is 71.6 Å². The van der Waals surface area contributed by atoms with Crippen LogP contribution in [0.2, 0.25) is 0 Å². The van der Waals surface area contributed by atoms with Crippen molar-refractivity contribution < 1.29 is 19.0 Å². The molecule has 1 heterocycles. The molecule has 0 bridgehead atoms. The summed E-state index contributed by atoms with van der Waals surface area (Å²) in [5.41, 5.74) is 0.859. The van der Waals surface area contributed by atoms with Gasteiger partial charge in [0.15, 0.2) is 11.6 Å². The number of carbonyl (C=O) groups excluding carboxylic acids is 1. The third-order valence-corrected chi connectivity index (χ3v) is 4.80. The van der Waals surface area contributed by atoms with Gasteiger partial charge in [0.1, 0.15) is 5.75 Å². The second-order valence-corrected chi connectivity index (χ2v) is 7.57. The van der Waals surface area contributed by atoms with Crippen LogP contribution in [0.25, 0.3) is 11.4 Å². The van der Waals surface area contributed by atoms with Crippen molar-refractivity contribution in [1.82, 2.24) is 9.97 Å². The molecular formula is C25H36N2O4. The lowest BCUT2D eigenvalue weighted by molar-refractivity contribution is -0.134. The summed E-state index contributed by atoms with van der Waals surface area (Å²) in [6.45, 7) is 6.56. The number of hydrogen-bond acceptors (Lipinski definition) is 6. The molecule has 0 spiro atoms.